The van der Waals surface area contributed by atoms with Crippen molar-refractivity contribution in [3.63, 3.8) is 0 Å². The zero-order chi connectivity index (χ0) is 13.8. The maximum absolute atomic E-state index is 5.21. The number of rotatable bonds is 3. The first-order valence-electron chi connectivity index (χ1n) is 6.03. The fraction of sp³-hybridized carbons (Fsp3) is 0. The summed E-state index contributed by atoms with van der Waals surface area (Å²) in [6.07, 6.45) is 1.60. The van der Waals surface area contributed by atoms with Crippen LogP contribution in [0.1, 0.15) is 0 Å². The predicted octanol–water partition coefficient (Wildman–Crippen LogP) is 3.14. The van der Waals surface area contributed by atoms with Crippen LogP contribution in [0.15, 0.2) is 59.3 Å². The van der Waals surface area contributed by atoms with Crippen LogP contribution in [0, 0.1) is 0 Å². The van der Waals surface area contributed by atoms with Crippen molar-refractivity contribution in [2.24, 2.45) is 0 Å². The molecule has 0 spiro atoms. The second-order valence-corrected chi connectivity index (χ2v) is 4.57. The van der Waals surface area contributed by atoms with Crippen LogP contribution in [0.25, 0.3) is 10.9 Å². The standard InChI is InChI=1S/C14H12N4OS/c20-14(17-16-11-4-2-1-3-5-11)15-12-7-6-10-9-19-18-13(10)8-12/h1-9,16H,(H2,15,17,20). The molecule has 0 bridgehead atoms. The highest BCUT2D eigenvalue weighted by Gasteiger charge is 2.01. The van der Waals surface area contributed by atoms with Gasteiger partial charge in [-0.25, -0.2) is 0 Å². The molecule has 1 aromatic heterocycles. The third-order valence-corrected chi connectivity index (χ3v) is 2.92. The van der Waals surface area contributed by atoms with E-state index >= 15 is 0 Å². The molecule has 1 heterocycles. The Labute approximate surface area is 120 Å². The van der Waals surface area contributed by atoms with Gasteiger partial charge in [-0.3, -0.25) is 10.9 Å². The van der Waals surface area contributed by atoms with E-state index < -0.39 is 0 Å². The lowest BCUT2D eigenvalue weighted by molar-refractivity contribution is 0.428. The third kappa shape index (κ3) is 2.86. The van der Waals surface area contributed by atoms with E-state index in [2.05, 4.69) is 21.3 Å². The topological polar surface area (TPSA) is 62.1 Å². The fourth-order valence-electron chi connectivity index (χ4n) is 1.75. The molecule has 2 aromatic carbocycles. The summed E-state index contributed by atoms with van der Waals surface area (Å²) in [4.78, 5) is 0. The van der Waals surface area contributed by atoms with Crippen molar-refractivity contribution in [2.45, 2.75) is 0 Å². The number of hydrogen-bond donors (Lipinski definition) is 3. The molecule has 0 unspecified atom stereocenters. The summed E-state index contributed by atoms with van der Waals surface area (Å²) >= 11 is 5.21. The molecule has 20 heavy (non-hydrogen) atoms. The van der Waals surface area contributed by atoms with Gasteiger partial charge in [-0.2, -0.15) is 0 Å². The molecular weight excluding hydrogens is 272 g/mol. The zero-order valence-corrected chi connectivity index (χ0v) is 11.3. The monoisotopic (exact) mass is 284 g/mol. The summed E-state index contributed by atoms with van der Waals surface area (Å²) in [6, 6.07) is 15.4. The molecule has 3 rings (SSSR count). The number of nitrogens with zero attached hydrogens (tertiary/aromatic N) is 1. The number of benzene rings is 2. The molecule has 5 nitrogen and oxygen atoms in total. The third-order valence-electron chi connectivity index (χ3n) is 2.71. The Morgan fingerprint density at radius 2 is 1.90 bits per heavy atom. The van der Waals surface area contributed by atoms with E-state index in [1.807, 2.05) is 48.5 Å². The fourth-order valence-corrected chi connectivity index (χ4v) is 1.92. The number of nitrogens with one attached hydrogen (secondary N) is 3. The largest absolute Gasteiger partial charge is 0.364 e. The molecule has 0 aliphatic heterocycles. The van der Waals surface area contributed by atoms with Crippen molar-refractivity contribution in [1.82, 2.24) is 10.6 Å². The summed E-state index contributed by atoms with van der Waals surface area (Å²) in [5.74, 6) is 0. The summed E-state index contributed by atoms with van der Waals surface area (Å²) in [7, 11) is 0. The Morgan fingerprint density at radius 1 is 1.05 bits per heavy atom. The van der Waals surface area contributed by atoms with Crippen LogP contribution in [0.4, 0.5) is 11.4 Å². The van der Waals surface area contributed by atoms with Gasteiger partial charge >= 0.3 is 0 Å². The molecule has 3 N–H and O–H groups in total. The number of hydrogen-bond acceptors (Lipinski definition) is 4. The van der Waals surface area contributed by atoms with E-state index in [9.17, 15) is 0 Å². The molecule has 0 radical (unpaired) electrons. The molecule has 6 heteroatoms. The summed E-state index contributed by atoms with van der Waals surface area (Å²) in [5.41, 5.74) is 8.49. The normalized spacial score (nSPS) is 10.2. The summed E-state index contributed by atoms with van der Waals surface area (Å²) < 4.78 is 4.89. The maximum Gasteiger partial charge on any atom is 0.189 e. The van der Waals surface area contributed by atoms with Gasteiger partial charge in [-0.1, -0.05) is 23.4 Å². The van der Waals surface area contributed by atoms with Gasteiger partial charge in [0.15, 0.2) is 5.11 Å². The maximum atomic E-state index is 5.21. The Morgan fingerprint density at radius 3 is 2.75 bits per heavy atom. The minimum absolute atomic E-state index is 0.469. The molecule has 0 atom stereocenters. The zero-order valence-electron chi connectivity index (χ0n) is 10.5. The molecule has 0 fully saturated rings. The Kier molecular flexibility index (Phi) is 3.47. The Bertz CT molecular complexity index is 726. The molecule has 3 aromatic rings. The van der Waals surface area contributed by atoms with Crippen molar-refractivity contribution in [3.05, 3.63) is 54.8 Å². The number of hydrazine groups is 1. The molecule has 0 saturated carbocycles. The van der Waals surface area contributed by atoms with Crippen molar-refractivity contribution in [3.8, 4) is 0 Å². The highest BCUT2D eigenvalue weighted by Crippen LogP contribution is 2.17. The van der Waals surface area contributed by atoms with Crippen molar-refractivity contribution < 1.29 is 4.52 Å². The summed E-state index contributed by atoms with van der Waals surface area (Å²) in [6.45, 7) is 0. The average Bonchev–Trinajstić information content (AvgIpc) is 2.94. The van der Waals surface area contributed by atoms with Crippen LogP contribution in [-0.2, 0) is 0 Å². The van der Waals surface area contributed by atoms with E-state index in [0.717, 1.165) is 22.3 Å². The first kappa shape index (κ1) is 12.4. The molecule has 100 valence electrons. The van der Waals surface area contributed by atoms with Gasteiger partial charge < -0.3 is 9.84 Å². The second kappa shape index (κ2) is 5.58. The van der Waals surface area contributed by atoms with Crippen LogP contribution >= 0.6 is 12.2 Å². The van der Waals surface area contributed by atoms with Crippen molar-refractivity contribution in [2.75, 3.05) is 10.7 Å². The number of thiocarbonyl (C=S) groups is 1. The second-order valence-electron chi connectivity index (χ2n) is 4.16. The number of anilines is 2. The molecule has 0 saturated heterocycles. The highest BCUT2D eigenvalue weighted by atomic mass is 32.1. The van der Waals surface area contributed by atoms with Crippen LogP contribution < -0.4 is 16.2 Å². The van der Waals surface area contributed by atoms with Crippen molar-refractivity contribution >= 4 is 39.6 Å². The van der Waals surface area contributed by atoms with E-state index in [4.69, 9.17) is 16.7 Å². The lowest BCUT2D eigenvalue weighted by Gasteiger charge is -2.12. The van der Waals surface area contributed by atoms with Gasteiger partial charge in [-0.05, 0) is 42.5 Å². The lowest BCUT2D eigenvalue weighted by Crippen LogP contribution is -2.33. The van der Waals surface area contributed by atoms with Crippen LogP contribution in [0.5, 0.6) is 0 Å². The lowest BCUT2D eigenvalue weighted by atomic mass is 10.2. The highest BCUT2D eigenvalue weighted by molar-refractivity contribution is 7.80. The van der Waals surface area contributed by atoms with Gasteiger partial charge in [0, 0.05) is 11.1 Å². The van der Waals surface area contributed by atoms with E-state index in [1.54, 1.807) is 6.26 Å². The smallest absolute Gasteiger partial charge is 0.189 e. The van der Waals surface area contributed by atoms with Crippen LogP contribution in [-0.4, -0.2) is 10.3 Å². The van der Waals surface area contributed by atoms with Crippen LogP contribution in [0.2, 0.25) is 0 Å². The van der Waals surface area contributed by atoms with E-state index in [1.165, 1.54) is 0 Å². The first-order chi connectivity index (χ1) is 9.81. The van der Waals surface area contributed by atoms with Gasteiger partial charge in [0.2, 0.25) is 0 Å². The number of aromatic nitrogens is 1. The average molecular weight is 284 g/mol. The number of fused-ring (bicyclic) bond motifs is 1. The van der Waals surface area contributed by atoms with Gasteiger partial charge in [0.25, 0.3) is 0 Å². The van der Waals surface area contributed by atoms with E-state index in [-0.39, 0.29) is 0 Å². The molecular formula is C14H12N4OS. The Balaban J connectivity index is 1.61. The van der Waals surface area contributed by atoms with Gasteiger partial charge in [0.05, 0.1) is 5.69 Å². The molecule has 0 aliphatic carbocycles. The number of para-hydroxylation sites is 1. The Hall–Kier alpha value is -2.60. The predicted molar refractivity (Wildman–Crippen MR) is 83.4 cm³/mol. The minimum Gasteiger partial charge on any atom is -0.364 e. The van der Waals surface area contributed by atoms with Gasteiger partial charge in [-0.15, -0.1) is 0 Å². The quantitative estimate of drug-likeness (QED) is 0.507. The van der Waals surface area contributed by atoms with Gasteiger partial charge in [0.1, 0.15) is 11.8 Å². The SMILES string of the molecule is S=C(NNc1ccccc1)Nc1ccc2conc2c1. The van der Waals surface area contributed by atoms with Crippen molar-refractivity contribution in [1.29, 1.82) is 0 Å². The van der Waals surface area contributed by atoms with Crippen LogP contribution in [0.3, 0.4) is 0 Å². The molecule has 0 amide bonds. The minimum atomic E-state index is 0.469. The van der Waals surface area contributed by atoms with E-state index in [0.29, 0.717) is 5.11 Å². The first-order valence-corrected chi connectivity index (χ1v) is 6.44. The molecule has 0 aliphatic rings. The summed E-state index contributed by atoms with van der Waals surface area (Å²) in [5, 5.41) is 8.38.